The third kappa shape index (κ3) is 4.34. The van der Waals surface area contributed by atoms with Crippen LogP contribution in [0.25, 0.3) is 22.4 Å². The van der Waals surface area contributed by atoms with E-state index >= 15 is 0 Å². The normalized spacial score (nSPS) is 11.9. The summed E-state index contributed by atoms with van der Waals surface area (Å²) in [6, 6.07) is 17.2. The maximum absolute atomic E-state index is 13.5. The number of rotatable bonds is 5. The van der Waals surface area contributed by atoms with Gasteiger partial charge in [-0.15, -0.1) is 11.6 Å². The number of pyridine rings is 1. The Morgan fingerprint density at radius 2 is 1.65 bits per heavy atom. The second kappa shape index (κ2) is 8.70. The molecule has 0 aliphatic heterocycles. The molecule has 0 radical (unpaired) electrons. The second-order valence-corrected chi connectivity index (χ2v) is 7.64. The minimum Gasteiger partial charge on any atom is -0.309 e. The molecule has 4 aromatic rings. The Kier molecular flexibility index (Phi) is 5.82. The van der Waals surface area contributed by atoms with Crippen molar-refractivity contribution >= 4 is 23.3 Å². The number of aromatic nitrogens is 3. The van der Waals surface area contributed by atoms with Gasteiger partial charge in [-0.05, 0) is 54.4 Å². The Hall–Kier alpha value is -3.51. The molecule has 156 valence electrons. The van der Waals surface area contributed by atoms with E-state index in [0.29, 0.717) is 22.6 Å². The predicted octanol–water partition coefficient (Wildman–Crippen LogP) is 5.52. The molecule has 4 rings (SSSR count). The van der Waals surface area contributed by atoms with Gasteiger partial charge in [0.1, 0.15) is 22.7 Å². The van der Waals surface area contributed by atoms with Crippen LogP contribution in [-0.4, -0.2) is 20.7 Å². The molecule has 0 saturated heterocycles. The van der Waals surface area contributed by atoms with Crippen molar-refractivity contribution in [2.45, 2.75) is 12.3 Å². The first kappa shape index (κ1) is 20.8. The van der Waals surface area contributed by atoms with E-state index in [4.69, 9.17) is 11.6 Å². The molecule has 31 heavy (non-hydrogen) atoms. The van der Waals surface area contributed by atoms with Crippen LogP contribution in [0.15, 0.2) is 73.1 Å². The van der Waals surface area contributed by atoms with Crippen molar-refractivity contribution in [3.8, 4) is 22.4 Å². The van der Waals surface area contributed by atoms with Crippen LogP contribution in [0.2, 0.25) is 0 Å². The summed E-state index contributed by atoms with van der Waals surface area (Å²) in [5.41, 5.74) is 4.66. The monoisotopic (exact) mass is 434 g/mol. The molecule has 0 spiro atoms. The van der Waals surface area contributed by atoms with E-state index in [0.717, 1.165) is 16.7 Å². The van der Waals surface area contributed by atoms with E-state index in [2.05, 4.69) is 15.4 Å². The fraction of sp³-hybridized carbons (Fsp3) is 0.125. The zero-order valence-electron chi connectivity index (χ0n) is 17.0. The first-order valence-electron chi connectivity index (χ1n) is 9.69. The Morgan fingerprint density at radius 3 is 2.29 bits per heavy atom. The summed E-state index contributed by atoms with van der Waals surface area (Å²) in [5, 5.41) is 6.66. The van der Waals surface area contributed by atoms with Gasteiger partial charge in [0.05, 0.1) is 5.56 Å². The standard InChI is InChI=1S/C24H20ClFN4O/c1-15-3-5-17(6-4-15)21(25)24(31)28-23-20(16-11-13-27-14-12-16)22(29-30(23)2)18-7-9-19(26)10-8-18/h3-14,21H,1-2H3,(H,28,31). The van der Waals surface area contributed by atoms with Gasteiger partial charge in [-0.25, -0.2) is 4.39 Å². The molecular weight excluding hydrogens is 415 g/mol. The molecule has 0 bridgehead atoms. The number of carbonyl (C=O) groups is 1. The summed E-state index contributed by atoms with van der Waals surface area (Å²) in [6.07, 6.45) is 3.33. The lowest BCUT2D eigenvalue weighted by Gasteiger charge is -2.13. The van der Waals surface area contributed by atoms with Gasteiger partial charge in [0.25, 0.3) is 0 Å². The van der Waals surface area contributed by atoms with E-state index in [1.807, 2.05) is 43.3 Å². The zero-order valence-corrected chi connectivity index (χ0v) is 17.8. The third-order valence-electron chi connectivity index (χ3n) is 4.98. The van der Waals surface area contributed by atoms with Crippen LogP contribution in [0, 0.1) is 12.7 Å². The number of benzene rings is 2. The van der Waals surface area contributed by atoms with Gasteiger partial charge < -0.3 is 5.32 Å². The molecule has 0 saturated carbocycles. The Bertz CT molecular complexity index is 1210. The summed E-state index contributed by atoms with van der Waals surface area (Å²) < 4.78 is 15.0. The smallest absolute Gasteiger partial charge is 0.248 e. The molecule has 1 atom stereocenters. The lowest BCUT2D eigenvalue weighted by atomic mass is 10.0. The van der Waals surface area contributed by atoms with E-state index in [9.17, 15) is 9.18 Å². The molecule has 0 aliphatic rings. The highest BCUT2D eigenvalue weighted by Gasteiger charge is 2.24. The fourth-order valence-corrected chi connectivity index (χ4v) is 3.54. The first-order valence-corrected chi connectivity index (χ1v) is 10.1. The Morgan fingerprint density at radius 1 is 1.00 bits per heavy atom. The molecule has 2 aromatic carbocycles. The maximum Gasteiger partial charge on any atom is 0.248 e. The maximum atomic E-state index is 13.5. The molecular formula is C24H20ClFN4O. The highest BCUT2D eigenvalue weighted by Crippen LogP contribution is 2.38. The van der Waals surface area contributed by atoms with Crippen LogP contribution in [0.3, 0.4) is 0 Å². The Labute approximate surface area is 184 Å². The van der Waals surface area contributed by atoms with E-state index in [-0.39, 0.29) is 11.7 Å². The van der Waals surface area contributed by atoms with Crippen molar-refractivity contribution in [2.75, 3.05) is 5.32 Å². The van der Waals surface area contributed by atoms with Gasteiger partial charge in [0, 0.05) is 25.0 Å². The number of nitrogens with one attached hydrogen (secondary N) is 1. The molecule has 2 heterocycles. The molecule has 5 nitrogen and oxygen atoms in total. The average molecular weight is 435 g/mol. The number of anilines is 1. The summed E-state index contributed by atoms with van der Waals surface area (Å²) in [4.78, 5) is 17.0. The van der Waals surface area contributed by atoms with Crippen molar-refractivity contribution in [1.29, 1.82) is 0 Å². The van der Waals surface area contributed by atoms with Crippen molar-refractivity contribution in [2.24, 2.45) is 7.05 Å². The number of aryl methyl sites for hydroxylation is 2. The number of hydrogen-bond acceptors (Lipinski definition) is 3. The van der Waals surface area contributed by atoms with Crippen LogP contribution in [0.4, 0.5) is 10.2 Å². The third-order valence-corrected chi connectivity index (χ3v) is 5.43. The topological polar surface area (TPSA) is 59.8 Å². The molecule has 1 N–H and O–H groups in total. The van der Waals surface area contributed by atoms with Gasteiger partial charge >= 0.3 is 0 Å². The summed E-state index contributed by atoms with van der Waals surface area (Å²) in [5.74, 6) is -0.204. The predicted molar refractivity (Wildman–Crippen MR) is 120 cm³/mol. The minimum atomic E-state index is -0.866. The summed E-state index contributed by atoms with van der Waals surface area (Å²) in [7, 11) is 1.74. The SMILES string of the molecule is Cc1ccc(C(Cl)C(=O)Nc2c(-c3ccncc3)c(-c3ccc(F)cc3)nn2C)cc1. The van der Waals surface area contributed by atoms with Gasteiger partial charge in [0.2, 0.25) is 5.91 Å². The van der Waals surface area contributed by atoms with Crippen molar-refractivity contribution in [3.05, 3.63) is 90.0 Å². The van der Waals surface area contributed by atoms with Crippen molar-refractivity contribution in [3.63, 3.8) is 0 Å². The highest BCUT2D eigenvalue weighted by molar-refractivity contribution is 6.32. The fourth-order valence-electron chi connectivity index (χ4n) is 3.34. The number of alkyl halides is 1. The van der Waals surface area contributed by atoms with E-state index < -0.39 is 5.38 Å². The highest BCUT2D eigenvalue weighted by atomic mass is 35.5. The van der Waals surface area contributed by atoms with Crippen molar-refractivity contribution in [1.82, 2.24) is 14.8 Å². The van der Waals surface area contributed by atoms with E-state index in [1.54, 1.807) is 36.3 Å². The molecule has 2 aromatic heterocycles. The lowest BCUT2D eigenvalue weighted by molar-refractivity contribution is -0.116. The van der Waals surface area contributed by atoms with E-state index in [1.165, 1.54) is 12.1 Å². The van der Waals surface area contributed by atoms with Crippen LogP contribution < -0.4 is 5.32 Å². The van der Waals surface area contributed by atoms with Gasteiger partial charge in [-0.3, -0.25) is 14.5 Å². The van der Waals surface area contributed by atoms with Gasteiger partial charge in [-0.1, -0.05) is 29.8 Å². The average Bonchev–Trinajstić information content (AvgIpc) is 3.10. The number of hydrogen-bond donors (Lipinski definition) is 1. The van der Waals surface area contributed by atoms with Gasteiger partial charge in [-0.2, -0.15) is 5.10 Å². The van der Waals surface area contributed by atoms with Gasteiger partial charge in [0.15, 0.2) is 0 Å². The molecule has 0 aliphatic carbocycles. The Balaban J connectivity index is 1.76. The largest absolute Gasteiger partial charge is 0.309 e. The van der Waals surface area contributed by atoms with Crippen LogP contribution in [0.5, 0.6) is 0 Å². The number of nitrogens with zero attached hydrogens (tertiary/aromatic N) is 3. The minimum absolute atomic E-state index is 0.332. The second-order valence-electron chi connectivity index (χ2n) is 7.20. The number of halogens is 2. The lowest BCUT2D eigenvalue weighted by Crippen LogP contribution is -2.19. The zero-order chi connectivity index (χ0) is 22.0. The number of carbonyl (C=O) groups excluding carboxylic acids is 1. The molecule has 7 heteroatoms. The molecule has 1 amide bonds. The summed E-state index contributed by atoms with van der Waals surface area (Å²) in [6.45, 7) is 1.97. The molecule has 1 unspecified atom stereocenters. The summed E-state index contributed by atoms with van der Waals surface area (Å²) >= 11 is 6.46. The van der Waals surface area contributed by atoms with Crippen molar-refractivity contribution < 1.29 is 9.18 Å². The van der Waals surface area contributed by atoms with Crippen LogP contribution in [0.1, 0.15) is 16.5 Å². The quantitative estimate of drug-likeness (QED) is 0.421. The first-order chi connectivity index (χ1) is 14.9. The number of amides is 1. The van der Waals surface area contributed by atoms with Crippen LogP contribution >= 0.6 is 11.6 Å². The van der Waals surface area contributed by atoms with Crippen LogP contribution in [-0.2, 0) is 11.8 Å². The molecule has 0 fully saturated rings.